The minimum atomic E-state index is -4.64. The van der Waals surface area contributed by atoms with E-state index in [1.165, 1.54) is 122 Å². The lowest BCUT2D eigenvalue weighted by Crippen LogP contribution is -2.28. The number of phosphoric acid groups is 1. The summed E-state index contributed by atoms with van der Waals surface area (Å²) in [6.07, 6.45) is 53.7. The van der Waals surface area contributed by atoms with Gasteiger partial charge in [-0.25, -0.2) is 4.57 Å². The number of hydrogen-bond donors (Lipinski definition) is 3. The van der Waals surface area contributed by atoms with E-state index in [9.17, 15) is 29.3 Å². The number of rotatable bonds is 48. The molecule has 0 aromatic carbocycles. The van der Waals surface area contributed by atoms with Gasteiger partial charge in [0.2, 0.25) is 0 Å². The maximum atomic E-state index is 12.4. The van der Waals surface area contributed by atoms with Crippen molar-refractivity contribution < 1.29 is 47.8 Å². The summed E-state index contributed by atoms with van der Waals surface area (Å²) in [4.78, 5) is 34.7. The molecule has 0 aliphatic rings. The Morgan fingerprint density at radius 1 is 0.444 bits per heavy atom. The van der Waals surface area contributed by atoms with Crippen molar-refractivity contribution in [1.29, 1.82) is 0 Å². The highest BCUT2D eigenvalue weighted by atomic mass is 31.2. The Balaban J connectivity index is 3.84. The van der Waals surface area contributed by atoms with Gasteiger partial charge >= 0.3 is 19.8 Å². The fourth-order valence-electron chi connectivity index (χ4n) is 7.17. The molecule has 368 valence electrons. The first-order valence-electron chi connectivity index (χ1n) is 25.6. The van der Waals surface area contributed by atoms with Crippen LogP contribution in [0.2, 0.25) is 0 Å². The molecule has 63 heavy (non-hydrogen) atoms. The minimum absolute atomic E-state index is 0.182. The van der Waals surface area contributed by atoms with E-state index < -0.39 is 58.4 Å². The van der Waals surface area contributed by atoms with Gasteiger partial charge in [-0.05, 0) is 51.4 Å². The van der Waals surface area contributed by atoms with E-state index in [-0.39, 0.29) is 12.8 Å². The van der Waals surface area contributed by atoms with Gasteiger partial charge in [0.15, 0.2) is 0 Å². The number of aliphatic hydroxyl groups is 2. The van der Waals surface area contributed by atoms with Crippen molar-refractivity contribution in [2.75, 3.05) is 26.4 Å². The van der Waals surface area contributed by atoms with Crippen LogP contribution in [0.15, 0.2) is 48.6 Å². The van der Waals surface area contributed by atoms with Crippen molar-refractivity contribution in [3.8, 4) is 0 Å². The Morgan fingerprint density at radius 2 is 0.746 bits per heavy atom. The molecule has 0 aromatic heterocycles. The van der Waals surface area contributed by atoms with Crippen LogP contribution in [0.25, 0.3) is 0 Å². The summed E-state index contributed by atoms with van der Waals surface area (Å²) in [7, 11) is -4.64. The molecule has 0 fully saturated rings. The van der Waals surface area contributed by atoms with Gasteiger partial charge in [0, 0.05) is 12.8 Å². The summed E-state index contributed by atoms with van der Waals surface area (Å²) in [6, 6.07) is 0. The lowest BCUT2D eigenvalue weighted by molar-refractivity contribution is -0.153. The fourth-order valence-corrected chi connectivity index (χ4v) is 7.95. The molecule has 3 unspecified atom stereocenters. The van der Waals surface area contributed by atoms with E-state index in [0.29, 0.717) is 12.8 Å². The van der Waals surface area contributed by atoms with Crippen LogP contribution in [-0.2, 0) is 32.7 Å². The van der Waals surface area contributed by atoms with Gasteiger partial charge in [-0.1, -0.05) is 217 Å². The van der Waals surface area contributed by atoms with Gasteiger partial charge < -0.3 is 24.6 Å². The first kappa shape index (κ1) is 60.9. The third-order valence-electron chi connectivity index (χ3n) is 11.1. The Labute approximate surface area is 385 Å². The molecule has 0 saturated carbocycles. The first-order valence-corrected chi connectivity index (χ1v) is 27.1. The molecule has 3 N–H and O–H groups in total. The minimum Gasteiger partial charge on any atom is -0.457 e. The van der Waals surface area contributed by atoms with E-state index in [1.807, 2.05) is 0 Å². The summed E-state index contributed by atoms with van der Waals surface area (Å²) in [5.74, 6) is -1.02. The van der Waals surface area contributed by atoms with Gasteiger partial charge in [0.05, 0.1) is 26.4 Å². The zero-order valence-electron chi connectivity index (χ0n) is 40.3. The molecule has 0 aliphatic heterocycles. The molecule has 10 nitrogen and oxygen atoms in total. The molecule has 0 heterocycles. The van der Waals surface area contributed by atoms with Crippen LogP contribution in [0.3, 0.4) is 0 Å². The molecular weight excluding hydrogens is 816 g/mol. The second-order valence-electron chi connectivity index (χ2n) is 17.1. The van der Waals surface area contributed by atoms with Crippen LogP contribution in [0.5, 0.6) is 0 Å². The van der Waals surface area contributed by atoms with E-state index in [1.54, 1.807) is 0 Å². The lowest BCUT2D eigenvalue weighted by Gasteiger charge is -2.20. The van der Waals surface area contributed by atoms with Gasteiger partial charge in [-0.2, -0.15) is 0 Å². The molecule has 0 bridgehead atoms. The molecule has 3 atom stereocenters. The van der Waals surface area contributed by atoms with Gasteiger partial charge in [-0.3, -0.25) is 18.6 Å². The number of hydrogen-bond acceptors (Lipinski definition) is 9. The van der Waals surface area contributed by atoms with E-state index in [0.717, 1.165) is 70.6 Å². The molecule has 0 saturated heterocycles. The molecule has 11 heteroatoms. The van der Waals surface area contributed by atoms with E-state index >= 15 is 0 Å². The summed E-state index contributed by atoms with van der Waals surface area (Å²) >= 11 is 0. The average molecular weight is 911 g/mol. The number of unbranched alkanes of at least 4 members (excludes halogenated alkanes) is 26. The quantitative estimate of drug-likeness (QED) is 0.0233. The van der Waals surface area contributed by atoms with Crippen LogP contribution >= 0.6 is 7.82 Å². The monoisotopic (exact) mass is 911 g/mol. The van der Waals surface area contributed by atoms with E-state index in [4.69, 9.17) is 18.5 Å². The van der Waals surface area contributed by atoms with Crippen molar-refractivity contribution >= 4 is 19.8 Å². The highest BCUT2D eigenvalue weighted by Crippen LogP contribution is 2.43. The van der Waals surface area contributed by atoms with Crippen LogP contribution in [0, 0.1) is 0 Å². The van der Waals surface area contributed by atoms with Crippen molar-refractivity contribution in [3.63, 3.8) is 0 Å². The topological polar surface area (TPSA) is 149 Å². The van der Waals surface area contributed by atoms with Crippen molar-refractivity contribution in [3.05, 3.63) is 48.6 Å². The standard InChI is InChI=1S/C52H95O10P/c1-3-5-7-9-11-13-15-17-19-21-23-24-26-28-30-32-34-36-38-40-42-44-52(56)62-50(46-54)48-60-63(57,58)59-47-49(45-53)61-51(55)43-41-39-37-35-33-31-29-27-25-22-20-18-16-14-12-10-8-6-4-2/h5,7,11,13,17,19,23-24,49-50,53-54H,3-4,6,8-10,12,14-16,18,20-22,25-48H2,1-2H3,(H,57,58)/b7-5-,13-11-,19-17-,24-23-. The van der Waals surface area contributed by atoms with Crippen molar-refractivity contribution in [2.24, 2.45) is 0 Å². The summed E-state index contributed by atoms with van der Waals surface area (Å²) < 4.78 is 32.7. The SMILES string of the molecule is CC/C=C\C/C=C\C/C=C\C/C=C\CCCCCCCCCCC(=O)OC(CO)COP(=O)(O)OCC(CO)OC(=O)CCCCCCCCCCCCCCCCCCCCC. The molecular formula is C52H95O10P. The van der Waals surface area contributed by atoms with Gasteiger partial charge in [-0.15, -0.1) is 0 Å². The third-order valence-corrected chi connectivity index (χ3v) is 12.0. The second-order valence-corrected chi connectivity index (χ2v) is 18.6. The van der Waals surface area contributed by atoms with Gasteiger partial charge in [0.25, 0.3) is 0 Å². The highest BCUT2D eigenvalue weighted by Gasteiger charge is 2.27. The van der Waals surface area contributed by atoms with Crippen LogP contribution in [0.1, 0.15) is 232 Å². The predicted molar refractivity (Wildman–Crippen MR) is 261 cm³/mol. The summed E-state index contributed by atoms with van der Waals surface area (Å²) in [6.45, 7) is 2.13. The number of carbonyl (C=O) groups is 2. The number of carbonyl (C=O) groups excluding carboxylic acids is 2. The van der Waals surface area contributed by atoms with E-state index in [2.05, 4.69) is 62.5 Å². The Hall–Kier alpha value is -2.07. The molecule has 0 amide bonds. The number of aliphatic hydroxyl groups excluding tert-OH is 2. The van der Waals surface area contributed by atoms with Crippen LogP contribution in [-0.4, -0.2) is 65.7 Å². The van der Waals surface area contributed by atoms with Crippen molar-refractivity contribution in [2.45, 2.75) is 244 Å². The van der Waals surface area contributed by atoms with Crippen molar-refractivity contribution in [1.82, 2.24) is 0 Å². The molecule has 0 radical (unpaired) electrons. The second kappa shape index (κ2) is 47.9. The van der Waals surface area contributed by atoms with Crippen LogP contribution < -0.4 is 0 Å². The Bertz CT molecular complexity index is 1190. The Morgan fingerprint density at radius 3 is 1.08 bits per heavy atom. The summed E-state index contributed by atoms with van der Waals surface area (Å²) in [5, 5.41) is 19.3. The zero-order chi connectivity index (χ0) is 46.2. The lowest BCUT2D eigenvalue weighted by atomic mass is 10.0. The zero-order valence-corrected chi connectivity index (χ0v) is 41.2. The number of esters is 2. The summed E-state index contributed by atoms with van der Waals surface area (Å²) in [5.41, 5.74) is 0. The Kier molecular flexibility index (Phi) is 46.3. The normalized spacial score (nSPS) is 14.0. The smallest absolute Gasteiger partial charge is 0.457 e. The van der Waals surface area contributed by atoms with Crippen LogP contribution in [0.4, 0.5) is 0 Å². The largest absolute Gasteiger partial charge is 0.472 e. The number of phosphoric ester groups is 1. The maximum Gasteiger partial charge on any atom is 0.472 e. The molecule has 0 spiro atoms. The number of ether oxygens (including phenoxy) is 2. The average Bonchev–Trinajstić information content (AvgIpc) is 3.27. The molecule has 0 aromatic rings. The maximum absolute atomic E-state index is 12.4. The highest BCUT2D eigenvalue weighted by molar-refractivity contribution is 7.47. The number of allylic oxidation sites excluding steroid dienone is 8. The fraction of sp³-hybridized carbons (Fsp3) is 0.808. The van der Waals surface area contributed by atoms with Gasteiger partial charge in [0.1, 0.15) is 12.2 Å². The predicted octanol–water partition coefficient (Wildman–Crippen LogP) is 14.5. The first-order chi connectivity index (χ1) is 30.8. The molecule has 0 aliphatic carbocycles. The third kappa shape index (κ3) is 46.3. The molecule has 0 rings (SSSR count).